The molecule has 0 saturated carbocycles. The zero-order valence-corrected chi connectivity index (χ0v) is 10.9. The summed E-state index contributed by atoms with van der Waals surface area (Å²) in [6, 6.07) is 4.57. The van der Waals surface area contributed by atoms with Gasteiger partial charge in [-0.1, -0.05) is 13.3 Å². The zero-order valence-electron chi connectivity index (χ0n) is 10.9. The van der Waals surface area contributed by atoms with Crippen LogP contribution in [0.15, 0.2) is 18.5 Å². The first-order chi connectivity index (χ1) is 8.11. The van der Waals surface area contributed by atoms with Crippen LogP contribution in [0.1, 0.15) is 30.9 Å². The molecule has 17 heavy (non-hydrogen) atoms. The lowest BCUT2D eigenvalue weighted by Crippen LogP contribution is -2.25. The molecule has 3 nitrogen and oxygen atoms in total. The van der Waals surface area contributed by atoms with E-state index in [1.54, 1.807) is 0 Å². The van der Waals surface area contributed by atoms with Gasteiger partial charge in [-0.15, -0.1) is 0 Å². The lowest BCUT2D eigenvalue weighted by atomic mass is 10.1. The highest BCUT2D eigenvalue weighted by atomic mass is 15.1. The van der Waals surface area contributed by atoms with E-state index < -0.39 is 0 Å². The van der Waals surface area contributed by atoms with Crippen molar-refractivity contribution in [1.82, 2.24) is 9.55 Å². The summed E-state index contributed by atoms with van der Waals surface area (Å²) < 4.78 is 2.17. The monoisotopic (exact) mass is 231 g/mol. The Hall–Kier alpha value is -1.35. The minimum absolute atomic E-state index is 0.221. The Morgan fingerprint density at radius 2 is 2.00 bits per heavy atom. The molecule has 0 radical (unpaired) electrons. The van der Waals surface area contributed by atoms with Gasteiger partial charge in [-0.2, -0.15) is 0 Å². The van der Waals surface area contributed by atoms with Gasteiger partial charge in [-0.3, -0.25) is 0 Å². The molecule has 2 rings (SSSR count). The van der Waals surface area contributed by atoms with Crippen molar-refractivity contribution < 1.29 is 0 Å². The summed E-state index contributed by atoms with van der Waals surface area (Å²) in [5.41, 5.74) is 10.9. The number of hydrogen-bond donors (Lipinski definition) is 1. The molecule has 92 valence electrons. The van der Waals surface area contributed by atoms with Gasteiger partial charge in [0.1, 0.15) is 0 Å². The Balaban J connectivity index is 2.32. The third kappa shape index (κ3) is 2.50. The molecule has 0 spiro atoms. The quantitative estimate of drug-likeness (QED) is 0.879. The summed E-state index contributed by atoms with van der Waals surface area (Å²) in [7, 11) is 0. The van der Waals surface area contributed by atoms with Crippen molar-refractivity contribution in [3.05, 3.63) is 29.6 Å². The lowest BCUT2D eigenvalue weighted by molar-refractivity contribution is 0.521. The molecule has 0 aliphatic heterocycles. The van der Waals surface area contributed by atoms with Crippen molar-refractivity contribution >= 4 is 11.0 Å². The van der Waals surface area contributed by atoms with Gasteiger partial charge in [0, 0.05) is 12.6 Å². The molecule has 0 amide bonds. The van der Waals surface area contributed by atoms with Gasteiger partial charge in [0.25, 0.3) is 0 Å². The van der Waals surface area contributed by atoms with E-state index in [4.69, 9.17) is 5.73 Å². The summed E-state index contributed by atoms with van der Waals surface area (Å²) in [5.74, 6) is 0. The van der Waals surface area contributed by atoms with Gasteiger partial charge >= 0.3 is 0 Å². The number of nitrogens with zero attached hydrogens (tertiary/aromatic N) is 2. The van der Waals surface area contributed by atoms with Crippen LogP contribution < -0.4 is 5.73 Å². The standard InChI is InChI=1S/C14H21N3/c1-4-5-12(15)8-17-9-16-13-6-10(2)11(3)7-14(13)17/h6-7,9,12H,4-5,8,15H2,1-3H3. The summed E-state index contributed by atoms with van der Waals surface area (Å²) in [6.07, 6.45) is 4.09. The van der Waals surface area contributed by atoms with Gasteiger partial charge in [-0.05, 0) is 43.5 Å². The van der Waals surface area contributed by atoms with Crippen molar-refractivity contribution in [3.63, 3.8) is 0 Å². The second-order valence-electron chi connectivity index (χ2n) is 4.87. The van der Waals surface area contributed by atoms with Crippen LogP contribution in [0.2, 0.25) is 0 Å². The van der Waals surface area contributed by atoms with E-state index in [9.17, 15) is 0 Å². The van der Waals surface area contributed by atoms with Crippen molar-refractivity contribution in [2.75, 3.05) is 0 Å². The Morgan fingerprint density at radius 1 is 1.29 bits per heavy atom. The second kappa shape index (κ2) is 4.88. The minimum atomic E-state index is 0.221. The molecule has 0 saturated heterocycles. The van der Waals surface area contributed by atoms with E-state index in [0.29, 0.717) is 0 Å². The smallest absolute Gasteiger partial charge is 0.0958 e. The molecule has 2 N–H and O–H groups in total. The number of rotatable bonds is 4. The van der Waals surface area contributed by atoms with E-state index in [2.05, 4.69) is 42.5 Å². The van der Waals surface area contributed by atoms with Crippen LogP contribution in [0, 0.1) is 13.8 Å². The molecule has 0 aliphatic carbocycles. The fourth-order valence-electron chi connectivity index (χ4n) is 2.17. The first-order valence-electron chi connectivity index (χ1n) is 6.29. The molecule has 0 aliphatic rings. The van der Waals surface area contributed by atoms with E-state index in [1.165, 1.54) is 16.6 Å². The number of aromatic nitrogens is 2. The molecule has 0 bridgehead atoms. The highest BCUT2D eigenvalue weighted by Gasteiger charge is 2.08. The maximum absolute atomic E-state index is 6.09. The Kier molecular flexibility index (Phi) is 3.48. The van der Waals surface area contributed by atoms with E-state index in [1.807, 2.05) is 6.33 Å². The van der Waals surface area contributed by atoms with E-state index in [-0.39, 0.29) is 6.04 Å². The lowest BCUT2D eigenvalue weighted by Gasteiger charge is -2.12. The normalized spacial score (nSPS) is 13.2. The number of hydrogen-bond acceptors (Lipinski definition) is 2. The van der Waals surface area contributed by atoms with Crippen LogP contribution in [0.3, 0.4) is 0 Å². The Bertz CT molecular complexity index is 513. The van der Waals surface area contributed by atoms with Gasteiger partial charge in [0.2, 0.25) is 0 Å². The summed E-state index contributed by atoms with van der Waals surface area (Å²) in [6.45, 7) is 7.28. The van der Waals surface area contributed by atoms with Crippen LogP contribution in [0.5, 0.6) is 0 Å². The predicted molar refractivity (Wildman–Crippen MR) is 72.1 cm³/mol. The molecule has 0 fully saturated rings. The van der Waals surface area contributed by atoms with Gasteiger partial charge < -0.3 is 10.3 Å². The summed E-state index contributed by atoms with van der Waals surface area (Å²) in [4.78, 5) is 4.44. The molecule has 3 heteroatoms. The van der Waals surface area contributed by atoms with Crippen LogP contribution in [-0.2, 0) is 6.54 Å². The van der Waals surface area contributed by atoms with Crippen molar-refractivity contribution in [2.24, 2.45) is 5.73 Å². The van der Waals surface area contributed by atoms with Crippen molar-refractivity contribution in [3.8, 4) is 0 Å². The molecule has 1 atom stereocenters. The highest BCUT2D eigenvalue weighted by molar-refractivity contribution is 5.77. The average molecular weight is 231 g/mol. The maximum Gasteiger partial charge on any atom is 0.0958 e. The fraction of sp³-hybridized carbons (Fsp3) is 0.500. The predicted octanol–water partition coefficient (Wildman–Crippen LogP) is 2.78. The SMILES string of the molecule is CCCC(N)Cn1cnc2cc(C)c(C)cc21. The Morgan fingerprint density at radius 3 is 2.71 bits per heavy atom. The number of nitrogens with two attached hydrogens (primary N) is 1. The molecular weight excluding hydrogens is 210 g/mol. The fourth-order valence-corrected chi connectivity index (χ4v) is 2.17. The van der Waals surface area contributed by atoms with Gasteiger partial charge in [-0.25, -0.2) is 4.98 Å². The third-order valence-electron chi connectivity index (χ3n) is 3.33. The molecule has 1 aromatic carbocycles. The molecular formula is C14H21N3. The number of fused-ring (bicyclic) bond motifs is 1. The topological polar surface area (TPSA) is 43.8 Å². The van der Waals surface area contributed by atoms with E-state index in [0.717, 1.165) is 24.9 Å². The molecule has 1 unspecified atom stereocenters. The largest absolute Gasteiger partial charge is 0.329 e. The first kappa shape index (κ1) is 12.1. The van der Waals surface area contributed by atoms with Crippen LogP contribution in [-0.4, -0.2) is 15.6 Å². The number of imidazole rings is 1. The molecule has 1 aromatic heterocycles. The molecule has 2 aromatic rings. The summed E-state index contributed by atoms with van der Waals surface area (Å²) >= 11 is 0. The van der Waals surface area contributed by atoms with Crippen LogP contribution in [0.4, 0.5) is 0 Å². The highest BCUT2D eigenvalue weighted by Crippen LogP contribution is 2.18. The Labute approximate surface area is 103 Å². The van der Waals surface area contributed by atoms with Gasteiger partial charge in [0.05, 0.1) is 17.4 Å². The zero-order chi connectivity index (χ0) is 12.4. The van der Waals surface area contributed by atoms with Crippen molar-refractivity contribution in [2.45, 2.75) is 46.2 Å². The minimum Gasteiger partial charge on any atom is -0.329 e. The van der Waals surface area contributed by atoms with Crippen LogP contribution >= 0.6 is 0 Å². The summed E-state index contributed by atoms with van der Waals surface area (Å²) in [5, 5.41) is 0. The second-order valence-corrected chi connectivity index (χ2v) is 4.87. The third-order valence-corrected chi connectivity index (χ3v) is 3.33. The first-order valence-corrected chi connectivity index (χ1v) is 6.29. The number of aryl methyl sites for hydroxylation is 2. The van der Waals surface area contributed by atoms with Crippen molar-refractivity contribution in [1.29, 1.82) is 0 Å². The molecule has 1 heterocycles. The maximum atomic E-state index is 6.09. The average Bonchev–Trinajstić information content (AvgIpc) is 2.63. The number of benzene rings is 1. The van der Waals surface area contributed by atoms with E-state index >= 15 is 0 Å². The van der Waals surface area contributed by atoms with Gasteiger partial charge in [0.15, 0.2) is 0 Å². The van der Waals surface area contributed by atoms with Crippen LogP contribution in [0.25, 0.3) is 11.0 Å².